The van der Waals surface area contributed by atoms with Crippen molar-refractivity contribution in [1.82, 2.24) is 0 Å². The van der Waals surface area contributed by atoms with Crippen molar-refractivity contribution in [3.8, 4) is 11.5 Å². The second kappa shape index (κ2) is 7.07. The number of nitrogens with zero attached hydrogens (tertiary/aromatic N) is 1. The van der Waals surface area contributed by atoms with Gasteiger partial charge in [0.25, 0.3) is 5.91 Å². The summed E-state index contributed by atoms with van der Waals surface area (Å²) in [6.45, 7) is 0.384. The van der Waals surface area contributed by atoms with Crippen LogP contribution in [0.15, 0.2) is 48.5 Å². The number of fused-ring (bicyclic) bond motifs is 2. The van der Waals surface area contributed by atoms with Gasteiger partial charge in [-0.05, 0) is 36.6 Å². The maximum Gasteiger partial charge on any atom is 0.351 e. The molecule has 0 radical (unpaired) electrons. The van der Waals surface area contributed by atoms with Crippen LogP contribution in [0.2, 0.25) is 0 Å². The first kappa shape index (κ1) is 16.4. The zero-order valence-corrected chi connectivity index (χ0v) is 14.2. The summed E-state index contributed by atoms with van der Waals surface area (Å²) < 4.78 is 16.3. The predicted octanol–water partition coefficient (Wildman–Crippen LogP) is 2.35. The van der Waals surface area contributed by atoms with E-state index in [1.165, 1.54) is 0 Å². The van der Waals surface area contributed by atoms with Crippen molar-refractivity contribution in [3.05, 3.63) is 54.1 Å². The van der Waals surface area contributed by atoms with Gasteiger partial charge in [0.2, 0.25) is 6.10 Å². The number of amides is 1. The van der Waals surface area contributed by atoms with E-state index in [0.29, 0.717) is 18.0 Å². The third-order valence-electron chi connectivity index (χ3n) is 4.52. The maximum atomic E-state index is 12.5. The Balaban J connectivity index is 1.36. The molecule has 134 valence electrons. The van der Waals surface area contributed by atoms with Crippen molar-refractivity contribution in [2.45, 2.75) is 18.9 Å². The van der Waals surface area contributed by atoms with Gasteiger partial charge in [-0.15, -0.1) is 0 Å². The summed E-state index contributed by atoms with van der Waals surface area (Å²) in [4.78, 5) is 26.4. The first-order valence-corrected chi connectivity index (χ1v) is 8.66. The molecule has 1 amide bonds. The Bertz CT molecular complexity index is 834. The zero-order chi connectivity index (χ0) is 17.9. The molecular weight excluding hydrogens is 334 g/mol. The molecule has 0 bridgehead atoms. The number of hydrogen-bond acceptors (Lipinski definition) is 5. The topological polar surface area (TPSA) is 65.1 Å². The number of para-hydroxylation sites is 3. The second-order valence-corrected chi connectivity index (χ2v) is 6.25. The van der Waals surface area contributed by atoms with Crippen molar-refractivity contribution in [1.29, 1.82) is 0 Å². The van der Waals surface area contributed by atoms with Crippen LogP contribution in [-0.2, 0) is 20.7 Å². The van der Waals surface area contributed by atoms with Gasteiger partial charge in [-0.3, -0.25) is 4.79 Å². The lowest BCUT2D eigenvalue weighted by Gasteiger charge is -2.29. The molecule has 26 heavy (non-hydrogen) atoms. The van der Waals surface area contributed by atoms with Crippen molar-refractivity contribution >= 4 is 17.6 Å². The molecular formula is C20H19NO5. The molecule has 2 aliphatic heterocycles. The molecule has 0 spiro atoms. The van der Waals surface area contributed by atoms with Gasteiger partial charge in [0, 0.05) is 12.2 Å². The quantitative estimate of drug-likeness (QED) is 0.793. The molecule has 2 aromatic carbocycles. The number of anilines is 1. The molecule has 0 N–H and O–H groups in total. The Morgan fingerprint density at radius 2 is 1.85 bits per heavy atom. The molecule has 2 aliphatic rings. The van der Waals surface area contributed by atoms with E-state index >= 15 is 0 Å². The average Bonchev–Trinajstić information content (AvgIpc) is 2.71. The van der Waals surface area contributed by atoms with E-state index in [0.717, 1.165) is 24.1 Å². The predicted molar refractivity (Wildman–Crippen MR) is 94.4 cm³/mol. The van der Waals surface area contributed by atoms with Crippen LogP contribution in [0, 0.1) is 0 Å². The summed E-state index contributed by atoms with van der Waals surface area (Å²) in [5, 5.41) is 0. The van der Waals surface area contributed by atoms with Crippen LogP contribution in [0.3, 0.4) is 0 Å². The van der Waals surface area contributed by atoms with Gasteiger partial charge in [0.05, 0.1) is 0 Å². The molecule has 0 unspecified atom stereocenters. The van der Waals surface area contributed by atoms with Crippen molar-refractivity contribution < 1.29 is 23.8 Å². The summed E-state index contributed by atoms with van der Waals surface area (Å²) in [6, 6.07) is 14.9. The van der Waals surface area contributed by atoms with Crippen LogP contribution in [0.1, 0.15) is 12.0 Å². The fraction of sp³-hybridized carbons (Fsp3) is 0.300. The molecule has 0 fully saturated rings. The van der Waals surface area contributed by atoms with Gasteiger partial charge >= 0.3 is 5.97 Å². The largest absolute Gasteiger partial charge is 0.485 e. The number of hydrogen-bond donors (Lipinski definition) is 0. The summed E-state index contributed by atoms with van der Waals surface area (Å²) in [5.41, 5.74) is 2.03. The normalized spacial score (nSPS) is 18.0. The Morgan fingerprint density at radius 3 is 2.73 bits per heavy atom. The molecule has 2 heterocycles. The molecule has 0 saturated heterocycles. The number of carbonyl (C=O) groups is 2. The van der Waals surface area contributed by atoms with Crippen molar-refractivity contribution in [2.24, 2.45) is 0 Å². The minimum absolute atomic E-state index is 0.0661. The van der Waals surface area contributed by atoms with E-state index in [-0.39, 0.29) is 19.1 Å². The number of aryl methyl sites for hydroxylation is 1. The van der Waals surface area contributed by atoms with Gasteiger partial charge in [-0.2, -0.15) is 0 Å². The van der Waals surface area contributed by atoms with E-state index in [1.807, 2.05) is 30.3 Å². The van der Waals surface area contributed by atoms with E-state index in [2.05, 4.69) is 0 Å². The maximum absolute atomic E-state index is 12.5. The minimum Gasteiger partial charge on any atom is -0.485 e. The Morgan fingerprint density at radius 1 is 1.08 bits per heavy atom. The van der Waals surface area contributed by atoms with Crippen LogP contribution in [0.4, 0.5) is 5.69 Å². The number of esters is 1. The molecule has 0 aromatic heterocycles. The van der Waals surface area contributed by atoms with Crippen LogP contribution >= 0.6 is 0 Å². The fourth-order valence-electron chi connectivity index (χ4n) is 3.23. The van der Waals surface area contributed by atoms with Crippen LogP contribution in [0.5, 0.6) is 11.5 Å². The van der Waals surface area contributed by atoms with E-state index in [9.17, 15) is 9.59 Å². The van der Waals surface area contributed by atoms with Crippen molar-refractivity contribution in [3.63, 3.8) is 0 Å². The summed E-state index contributed by atoms with van der Waals surface area (Å²) in [7, 11) is 0. The van der Waals surface area contributed by atoms with Gasteiger partial charge in [-0.1, -0.05) is 30.3 Å². The Hall–Kier alpha value is -3.02. The number of carbonyl (C=O) groups excluding carboxylic acids is 2. The number of rotatable bonds is 3. The second-order valence-electron chi connectivity index (χ2n) is 6.25. The van der Waals surface area contributed by atoms with E-state index in [1.54, 1.807) is 23.1 Å². The Labute approximate surface area is 151 Å². The first-order valence-electron chi connectivity index (χ1n) is 8.66. The standard InChI is InChI=1S/C20H19NO5/c22-19(21-11-5-7-14-6-1-2-8-15(14)21)13-25-20(23)18-12-24-16-9-3-4-10-17(16)26-18/h1-4,6,8-10,18H,5,7,11-13H2/t18-/m1/s1. The van der Waals surface area contributed by atoms with Gasteiger partial charge in [0.1, 0.15) is 6.61 Å². The van der Waals surface area contributed by atoms with Gasteiger partial charge in [-0.25, -0.2) is 4.79 Å². The lowest BCUT2D eigenvalue weighted by Crippen LogP contribution is -2.42. The molecule has 4 rings (SSSR count). The monoisotopic (exact) mass is 353 g/mol. The molecule has 6 nitrogen and oxygen atoms in total. The highest BCUT2D eigenvalue weighted by atomic mass is 16.6. The van der Waals surface area contributed by atoms with Crippen LogP contribution < -0.4 is 14.4 Å². The molecule has 2 aromatic rings. The summed E-state index contributed by atoms with van der Waals surface area (Å²) >= 11 is 0. The fourth-order valence-corrected chi connectivity index (χ4v) is 3.23. The third-order valence-corrected chi connectivity index (χ3v) is 4.52. The zero-order valence-electron chi connectivity index (χ0n) is 14.2. The van der Waals surface area contributed by atoms with Crippen LogP contribution in [-0.4, -0.2) is 37.7 Å². The lowest BCUT2D eigenvalue weighted by atomic mass is 10.0. The van der Waals surface area contributed by atoms with E-state index in [4.69, 9.17) is 14.2 Å². The molecule has 6 heteroatoms. The Kier molecular flexibility index (Phi) is 4.48. The smallest absolute Gasteiger partial charge is 0.351 e. The molecule has 0 aliphatic carbocycles. The lowest BCUT2D eigenvalue weighted by molar-refractivity contribution is -0.157. The highest BCUT2D eigenvalue weighted by molar-refractivity contribution is 5.96. The summed E-state index contributed by atoms with van der Waals surface area (Å²) in [5.74, 6) is 0.260. The van der Waals surface area contributed by atoms with Crippen molar-refractivity contribution in [2.75, 3.05) is 24.7 Å². The van der Waals surface area contributed by atoms with Gasteiger partial charge < -0.3 is 19.1 Å². The average molecular weight is 353 g/mol. The molecule has 0 saturated carbocycles. The number of ether oxygens (including phenoxy) is 3. The SMILES string of the molecule is O=C(OCC(=O)N1CCCc2ccccc21)[C@H]1COc2ccccc2O1. The number of benzene rings is 2. The van der Waals surface area contributed by atoms with E-state index < -0.39 is 12.1 Å². The summed E-state index contributed by atoms with van der Waals surface area (Å²) in [6.07, 6.45) is 0.978. The highest BCUT2D eigenvalue weighted by Gasteiger charge is 2.30. The van der Waals surface area contributed by atoms with Gasteiger partial charge in [0.15, 0.2) is 18.1 Å². The molecule has 1 atom stereocenters. The van der Waals surface area contributed by atoms with Crippen LogP contribution in [0.25, 0.3) is 0 Å². The highest BCUT2D eigenvalue weighted by Crippen LogP contribution is 2.31. The first-order chi connectivity index (χ1) is 12.7. The minimum atomic E-state index is -0.869. The third kappa shape index (κ3) is 3.22.